The van der Waals surface area contributed by atoms with Crippen molar-refractivity contribution in [2.75, 3.05) is 0 Å². The van der Waals surface area contributed by atoms with Gasteiger partial charge >= 0.3 is 0 Å². The number of hydrogen-bond donors (Lipinski definition) is 1. The van der Waals surface area contributed by atoms with Gasteiger partial charge in [-0.3, -0.25) is 10.1 Å². The van der Waals surface area contributed by atoms with E-state index in [2.05, 4.69) is 0 Å². The Kier molecular flexibility index (Phi) is 4.19. The standard InChI is InChI=1S/C14H13NO3S/c1-10(16)13-4-2-3-5-14(13)19-12-8-6-11(7-9-12)15(17)18/h2-10,16H,1H3/t10-/m0/s1. The number of aliphatic hydroxyl groups is 1. The van der Waals surface area contributed by atoms with Crippen LogP contribution in [0.25, 0.3) is 0 Å². The SMILES string of the molecule is C[C@H](O)c1ccccc1Sc1ccc([N+](=O)[O-])cc1. The van der Waals surface area contributed by atoms with Crippen molar-refractivity contribution >= 4 is 17.4 Å². The molecule has 2 rings (SSSR count). The molecule has 0 unspecified atom stereocenters. The highest BCUT2D eigenvalue weighted by molar-refractivity contribution is 7.99. The first kappa shape index (κ1) is 13.6. The summed E-state index contributed by atoms with van der Waals surface area (Å²) >= 11 is 1.48. The number of aliphatic hydroxyl groups excluding tert-OH is 1. The van der Waals surface area contributed by atoms with E-state index < -0.39 is 11.0 Å². The Morgan fingerprint density at radius 1 is 1.16 bits per heavy atom. The summed E-state index contributed by atoms with van der Waals surface area (Å²) in [5, 5.41) is 20.3. The Morgan fingerprint density at radius 3 is 2.37 bits per heavy atom. The Labute approximate surface area is 115 Å². The van der Waals surface area contributed by atoms with Crippen LogP contribution in [0.15, 0.2) is 58.3 Å². The Balaban J connectivity index is 2.24. The highest BCUT2D eigenvalue weighted by Crippen LogP contribution is 2.33. The quantitative estimate of drug-likeness (QED) is 0.681. The van der Waals surface area contributed by atoms with Crippen LogP contribution < -0.4 is 0 Å². The largest absolute Gasteiger partial charge is 0.389 e. The third-order valence-corrected chi connectivity index (χ3v) is 3.74. The van der Waals surface area contributed by atoms with Crippen molar-refractivity contribution in [3.8, 4) is 0 Å². The second-order valence-electron chi connectivity index (χ2n) is 4.07. The molecule has 0 bridgehead atoms. The smallest absolute Gasteiger partial charge is 0.269 e. The van der Waals surface area contributed by atoms with E-state index in [9.17, 15) is 15.2 Å². The van der Waals surface area contributed by atoms with Crippen molar-refractivity contribution in [1.29, 1.82) is 0 Å². The van der Waals surface area contributed by atoms with Crippen molar-refractivity contribution in [3.63, 3.8) is 0 Å². The van der Waals surface area contributed by atoms with Gasteiger partial charge in [0.15, 0.2) is 0 Å². The average molecular weight is 275 g/mol. The van der Waals surface area contributed by atoms with Gasteiger partial charge in [0.1, 0.15) is 0 Å². The molecule has 0 aliphatic rings. The molecule has 0 heterocycles. The molecule has 2 aromatic rings. The van der Waals surface area contributed by atoms with Gasteiger partial charge in [0, 0.05) is 21.9 Å². The van der Waals surface area contributed by atoms with Crippen LogP contribution in [0, 0.1) is 10.1 Å². The fourth-order valence-corrected chi connectivity index (χ4v) is 2.71. The lowest BCUT2D eigenvalue weighted by atomic mass is 10.1. The van der Waals surface area contributed by atoms with E-state index in [1.54, 1.807) is 19.1 Å². The molecule has 0 aromatic heterocycles. The highest BCUT2D eigenvalue weighted by Gasteiger charge is 2.09. The van der Waals surface area contributed by atoms with Gasteiger partial charge in [-0.1, -0.05) is 30.0 Å². The maximum absolute atomic E-state index is 10.6. The van der Waals surface area contributed by atoms with Gasteiger partial charge in [-0.2, -0.15) is 0 Å². The zero-order chi connectivity index (χ0) is 13.8. The van der Waals surface area contributed by atoms with Crippen LogP contribution in [0.5, 0.6) is 0 Å². The minimum absolute atomic E-state index is 0.0770. The predicted molar refractivity (Wildman–Crippen MR) is 74.3 cm³/mol. The predicted octanol–water partition coefficient (Wildman–Crippen LogP) is 3.80. The van der Waals surface area contributed by atoms with Crippen LogP contribution in [0.2, 0.25) is 0 Å². The molecule has 4 nitrogen and oxygen atoms in total. The third kappa shape index (κ3) is 3.33. The van der Waals surface area contributed by atoms with Gasteiger partial charge in [-0.05, 0) is 30.7 Å². The molecule has 2 aromatic carbocycles. The molecular formula is C14H13NO3S. The van der Waals surface area contributed by atoms with Gasteiger partial charge in [0.25, 0.3) is 5.69 Å². The van der Waals surface area contributed by atoms with E-state index in [0.29, 0.717) is 0 Å². The first-order valence-electron chi connectivity index (χ1n) is 5.77. The van der Waals surface area contributed by atoms with E-state index in [-0.39, 0.29) is 5.69 Å². The number of non-ortho nitro benzene ring substituents is 1. The van der Waals surface area contributed by atoms with Crippen molar-refractivity contribution in [2.24, 2.45) is 0 Å². The summed E-state index contributed by atoms with van der Waals surface area (Å²) in [7, 11) is 0. The summed E-state index contributed by atoms with van der Waals surface area (Å²) in [4.78, 5) is 12.0. The number of nitrogens with zero attached hydrogens (tertiary/aromatic N) is 1. The summed E-state index contributed by atoms with van der Waals surface area (Å²) in [6.07, 6.45) is -0.540. The molecule has 0 saturated heterocycles. The molecule has 0 fully saturated rings. The minimum Gasteiger partial charge on any atom is -0.389 e. The minimum atomic E-state index is -0.540. The summed E-state index contributed by atoms with van der Waals surface area (Å²) in [6, 6.07) is 14.0. The fourth-order valence-electron chi connectivity index (χ4n) is 1.68. The van der Waals surface area contributed by atoms with Crippen LogP contribution in [-0.4, -0.2) is 10.0 Å². The normalized spacial score (nSPS) is 12.1. The second kappa shape index (κ2) is 5.86. The van der Waals surface area contributed by atoms with Crippen molar-refractivity contribution < 1.29 is 10.0 Å². The maximum atomic E-state index is 10.6. The van der Waals surface area contributed by atoms with Gasteiger partial charge in [0.05, 0.1) is 11.0 Å². The molecule has 0 aliphatic heterocycles. The van der Waals surface area contributed by atoms with E-state index in [0.717, 1.165) is 15.4 Å². The molecule has 1 N–H and O–H groups in total. The topological polar surface area (TPSA) is 63.4 Å². The van der Waals surface area contributed by atoms with Gasteiger partial charge in [0.2, 0.25) is 0 Å². The Bertz CT molecular complexity index is 581. The lowest BCUT2D eigenvalue weighted by molar-refractivity contribution is -0.384. The summed E-state index contributed by atoms with van der Waals surface area (Å²) in [5.74, 6) is 0. The first-order valence-corrected chi connectivity index (χ1v) is 6.59. The Hall–Kier alpha value is -1.85. The monoisotopic (exact) mass is 275 g/mol. The number of nitro groups is 1. The van der Waals surface area contributed by atoms with Gasteiger partial charge in [-0.15, -0.1) is 0 Å². The number of benzene rings is 2. The zero-order valence-electron chi connectivity index (χ0n) is 10.3. The third-order valence-electron chi connectivity index (χ3n) is 2.64. The van der Waals surface area contributed by atoms with Crippen molar-refractivity contribution in [3.05, 3.63) is 64.2 Å². The van der Waals surface area contributed by atoms with Crippen LogP contribution in [0.1, 0.15) is 18.6 Å². The molecule has 0 saturated carbocycles. The lowest BCUT2D eigenvalue weighted by Gasteiger charge is -2.11. The zero-order valence-corrected chi connectivity index (χ0v) is 11.1. The Morgan fingerprint density at radius 2 is 1.79 bits per heavy atom. The van der Waals surface area contributed by atoms with E-state index in [1.165, 1.54) is 23.9 Å². The van der Waals surface area contributed by atoms with Gasteiger partial charge in [-0.25, -0.2) is 0 Å². The highest BCUT2D eigenvalue weighted by atomic mass is 32.2. The van der Waals surface area contributed by atoms with E-state index in [1.807, 2.05) is 24.3 Å². The van der Waals surface area contributed by atoms with Crippen molar-refractivity contribution in [2.45, 2.75) is 22.8 Å². The maximum Gasteiger partial charge on any atom is 0.269 e. The van der Waals surface area contributed by atoms with Crippen molar-refractivity contribution in [1.82, 2.24) is 0 Å². The van der Waals surface area contributed by atoms with Crippen LogP contribution in [0.3, 0.4) is 0 Å². The molecule has 98 valence electrons. The fraction of sp³-hybridized carbons (Fsp3) is 0.143. The summed E-state index contributed by atoms with van der Waals surface area (Å²) in [6.45, 7) is 1.72. The summed E-state index contributed by atoms with van der Waals surface area (Å²) < 4.78 is 0. The first-order chi connectivity index (χ1) is 9.08. The number of rotatable bonds is 4. The molecule has 0 spiro atoms. The molecule has 1 atom stereocenters. The van der Waals surface area contributed by atoms with E-state index >= 15 is 0 Å². The molecule has 0 radical (unpaired) electrons. The summed E-state index contributed by atoms with van der Waals surface area (Å²) in [5.41, 5.74) is 0.930. The second-order valence-corrected chi connectivity index (χ2v) is 5.18. The average Bonchev–Trinajstić information content (AvgIpc) is 2.39. The van der Waals surface area contributed by atoms with E-state index in [4.69, 9.17) is 0 Å². The van der Waals surface area contributed by atoms with Crippen LogP contribution in [-0.2, 0) is 0 Å². The molecule has 5 heteroatoms. The molecule has 19 heavy (non-hydrogen) atoms. The van der Waals surface area contributed by atoms with Crippen LogP contribution in [0.4, 0.5) is 5.69 Å². The number of nitro benzene ring substituents is 1. The number of hydrogen-bond acceptors (Lipinski definition) is 4. The van der Waals surface area contributed by atoms with Gasteiger partial charge < -0.3 is 5.11 Å². The molecule has 0 amide bonds. The molecule has 0 aliphatic carbocycles. The lowest BCUT2D eigenvalue weighted by Crippen LogP contribution is -1.93. The van der Waals surface area contributed by atoms with Crippen LogP contribution >= 0.6 is 11.8 Å². The molecular weight excluding hydrogens is 262 g/mol.